The van der Waals surface area contributed by atoms with Crippen LogP contribution in [0.15, 0.2) is 21.6 Å². The van der Waals surface area contributed by atoms with Gasteiger partial charge in [-0.2, -0.15) is 0 Å². The topological polar surface area (TPSA) is 71.8 Å². The molecule has 0 aliphatic carbocycles. The number of rotatable bonds is 1. The van der Waals surface area contributed by atoms with E-state index in [2.05, 4.69) is 19.6 Å². The van der Waals surface area contributed by atoms with Gasteiger partial charge in [0.1, 0.15) is 11.5 Å². The highest BCUT2D eigenvalue weighted by atomic mass is 19.1. The summed E-state index contributed by atoms with van der Waals surface area (Å²) in [5.74, 6) is -2.73. The number of pyridine rings is 1. The summed E-state index contributed by atoms with van der Waals surface area (Å²) in [6.07, 6.45) is 0.811. The molecule has 0 saturated carbocycles. The molecule has 2 heterocycles. The van der Waals surface area contributed by atoms with E-state index in [4.69, 9.17) is 0 Å². The summed E-state index contributed by atoms with van der Waals surface area (Å²) in [6, 6.07) is 0.634. The van der Waals surface area contributed by atoms with E-state index in [1.807, 2.05) is 0 Å². The molecule has 0 bridgehead atoms. The molecule has 2 aromatic heterocycles. The van der Waals surface area contributed by atoms with Gasteiger partial charge in [0.15, 0.2) is 5.82 Å². The summed E-state index contributed by atoms with van der Waals surface area (Å²) >= 11 is 0. The second-order valence-electron chi connectivity index (χ2n) is 2.43. The van der Waals surface area contributed by atoms with Gasteiger partial charge in [0.05, 0.1) is 6.20 Å². The van der Waals surface area contributed by atoms with Crippen LogP contribution in [0.1, 0.15) is 0 Å². The molecule has 72 valence electrons. The zero-order valence-electron chi connectivity index (χ0n) is 6.62. The summed E-state index contributed by atoms with van der Waals surface area (Å²) < 4.78 is 29.6. The number of hydrogen-bond acceptors (Lipinski definition) is 4. The van der Waals surface area contributed by atoms with Crippen molar-refractivity contribution in [1.82, 2.24) is 15.1 Å². The van der Waals surface area contributed by atoms with Gasteiger partial charge in [-0.25, -0.2) is 18.6 Å². The largest absolute Gasteiger partial charge is 0.439 e. The van der Waals surface area contributed by atoms with Crippen molar-refractivity contribution in [2.45, 2.75) is 0 Å². The smallest absolute Gasteiger partial charge is 0.296 e. The van der Waals surface area contributed by atoms with Crippen molar-refractivity contribution in [3.63, 3.8) is 0 Å². The van der Waals surface area contributed by atoms with Gasteiger partial charge in [-0.1, -0.05) is 5.16 Å². The van der Waals surface area contributed by atoms with Crippen LogP contribution >= 0.6 is 0 Å². The van der Waals surface area contributed by atoms with Crippen molar-refractivity contribution in [1.29, 1.82) is 0 Å². The molecule has 0 aromatic carbocycles. The van der Waals surface area contributed by atoms with Crippen molar-refractivity contribution < 1.29 is 13.3 Å². The van der Waals surface area contributed by atoms with Crippen molar-refractivity contribution in [3.05, 3.63) is 34.4 Å². The Labute approximate surface area is 75.4 Å². The molecule has 0 aliphatic rings. The fourth-order valence-corrected chi connectivity index (χ4v) is 0.921. The Kier molecular flexibility index (Phi) is 1.84. The van der Waals surface area contributed by atoms with Crippen LogP contribution in [-0.4, -0.2) is 15.1 Å². The number of nitrogens with zero attached hydrogens (tertiary/aromatic N) is 2. The van der Waals surface area contributed by atoms with Crippen LogP contribution in [0.2, 0.25) is 0 Å². The molecule has 2 rings (SSSR count). The van der Waals surface area contributed by atoms with E-state index < -0.39 is 17.4 Å². The van der Waals surface area contributed by atoms with Crippen LogP contribution in [0.25, 0.3) is 11.5 Å². The minimum Gasteiger partial charge on any atom is -0.296 e. The zero-order chi connectivity index (χ0) is 10.1. The Morgan fingerprint density at radius 3 is 2.79 bits per heavy atom. The first-order valence-electron chi connectivity index (χ1n) is 3.54. The summed E-state index contributed by atoms with van der Waals surface area (Å²) in [5.41, 5.74) is -0.266. The van der Waals surface area contributed by atoms with Crippen LogP contribution in [0.4, 0.5) is 8.78 Å². The maximum Gasteiger partial charge on any atom is 0.439 e. The molecule has 7 heteroatoms. The van der Waals surface area contributed by atoms with Gasteiger partial charge < -0.3 is 0 Å². The lowest BCUT2D eigenvalue weighted by Crippen LogP contribution is -1.97. The van der Waals surface area contributed by atoms with Crippen molar-refractivity contribution in [2.24, 2.45) is 0 Å². The van der Waals surface area contributed by atoms with E-state index in [1.165, 1.54) is 0 Å². The molecule has 0 spiro atoms. The standard InChI is InChI=1S/C7H3F2N3O2/c8-3-1-4(9)5(10-2-3)6-11-7(13)14-12-6/h1-2H,(H,11,12,13). The van der Waals surface area contributed by atoms with Gasteiger partial charge in [0.25, 0.3) is 0 Å². The maximum absolute atomic E-state index is 13.0. The first-order valence-corrected chi connectivity index (χ1v) is 3.54. The Morgan fingerprint density at radius 1 is 1.43 bits per heavy atom. The fourth-order valence-electron chi connectivity index (χ4n) is 0.921. The lowest BCUT2D eigenvalue weighted by atomic mass is 10.3. The number of nitrogens with one attached hydrogen (secondary N) is 1. The Balaban J connectivity index is 2.57. The predicted octanol–water partition coefficient (Wildman–Crippen LogP) is 0.703. The number of hydrogen-bond donors (Lipinski definition) is 1. The summed E-state index contributed by atoms with van der Waals surface area (Å²) in [6.45, 7) is 0. The van der Waals surface area contributed by atoms with Crippen LogP contribution in [-0.2, 0) is 0 Å². The molecular weight excluding hydrogens is 196 g/mol. The van der Waals surface area contributed by atoms with Crippen LogP contribution in [0.3, 0.4) is 0 Å². The van der Waals surface area contributed by atoms with Crippen molar-refractivity contribution >= 4 is 0 Å². The Bertz CT molecular complexity index is 520. The maximum atomic E-state index is 13.0. The second-order valence-corrected chi connectivity index (χ2v) is 2.43. The Hall–Kier alpha value is -2.05. The minimum atomic E-state index is -0.922. The number of aromatic nitrogens is 3. The fraction of sp³-hybridized carbons (Fsp3) is 0. The van der Waals surface area contributed by atoms with Gasteiger partial charge in [-0.05, 0) is 0 Å². The molecule has 0 atom stereocenters. The number of H-pyrrole nitrogens is 1. The summed E-state index contributed by atoms with van der Waals surface area (Å²) in [7, 11) is 0. The van der Waals surface area contributed by atoms with E-state index in [9.17, 15) is 13.6 Å². The highest BCUT2D eigenvalue weighted by molar-refractivity contribution is 5.48. The normalized spacial score (nSPS) is 10.4. The monoisotopic (exact) mass is 199 g/mol. The third-order valence-corrected chi connectivity index (χ3v) is 1.47. The van der Waals surface area contributed by atoms with Gasteiger partial charge in [0.2, 0.25) is 5.82 Å². The van der Waals surface area contributed by atoms with Gasteiger partial charge >= 0.3 is 5.76 Å². The number of aromatic amines is 1. The molecule has 0 radical (unpaired) electrons. The molecule has 0 fully saturated rings. The van der Waals surface area contributed by atoms with Gasteiger partial charge in [-0.15, -0.1) is 0 Å². The lowest BCUT2D eigenvalue weighted by molar-refractivity contribution is 0.387. The van der Waals surface area contributed by atoms with Crippen LogP contribution in [0, 0.1) is 11.6 Å². The first-order chi connectivity index (χ1) is 6.66. The van der Waals surface area contributed by atoms with Crippen LogP contribution in [0.5, 0.6) is 0 Å². The molecule has 0 saturated heterocycles. The molecular formula is C7H3F2N3O2. The predicted molar refractivity (Wildman–Crippen MR) is 40.3 cm³/mol. The van der Waals surface area contributed by atoms with Gasteiger partial charge in [0, 0.05) is 6.07 Å². The van der Waals surface area contributed by atoms with E-state index in [0.29, 0.717) is 6.07 Å². The van der Waals surface area contributed by atoms with E-state index >= 15 is 0 Å². The average Bonchev–Trinajstić information content (AvgIpc) is 2.51. The van der Waals surface area contributed by atoms with Crippen molar-refractivity contribution in [2.75, 3.05) is 0 Å². The van der Waals surface area contributed by atoms with E-state index in [-0.39, 0.29) is 11.5 Å². The summed E-state index contributed by atoms with van der Waals surface area (Å²) in [4.78, 5) is 16.0. The second kappa shape index (κ2) is 3.02. The Morgan fingerprint density at radius 2 is 2.21 bits per heavy atom. The molecule has 1 N–H and O–H groups in total. The molecule has 14 heavy (non-hydrogen) atoms. The highest BCUT2D eigenvalue weighted by Gasteiger charge is 2.12. The molecule has 0 aliphatic heterocycles. The SMILES string of the molecule is O=c1[nH]c(-c2ncc(F)cc2F)no1. The number of halogens is 2. The minimum absolute atomic E-state index is 0.174. The van der Waals surface area contributed by atoms with Crippen LogP contribution < -0.4 is 5.76 Å². The third kappa shape index (κ3) is 1.39. The van der Waals surface area contributed by atoms with Gasteiger partial charge in [-0.3, -0.25) is 9.51 Å². The molecule has 2 aromatic rings. The van der Waals surface area contributed by atoms with E-state index in [1.54, 1.807) is 0 Å². The zero-order valence-corrected chi connectivity index (χ0v) is 6.62. The molecule has 0 unspecified atom stereocenters. The highest BCUT2D eigenvalue weighted by Crippen LogP contribution is 2.14. The summed E-state index contributed by atoms with van der Waals surface area (Å²) in [5, 5.41) is 3.21. The third-order valence-electron chi connectivity index (χ3n) is 1.47. The quantitative estimate of drug-likeness (QED) is 0.733. The van der Waals surface area contributed by atoms with E-state index in [0.717, 1.165) is 6.20 Å². The van der Waals surface area contributed by atoms with Crippen molar-refractivity contribution in [3.8, 4) is 11.5 Å². The first kappa shape index (κ1) is 8.54. The average molecular weight is 199 g/mol. The lowest BCUT2D eigenvalue weighted by Gasteiger charge is -1.95. The molecule has 5 nitrogen and oxygen atoms in total. The molecule has 0 amide bonds.